The molecule has 1 aliphatic rings. The number of imide groups is 1. The van der Waals surface area contributed by atoms with Crippen molar-refractivity contribution in [3.63, 3.8) is 0 Å². The predicted molar refractivity (Wildman–Crippen MR) is 87.5 cm³/mol. The Balaban J connectivity index is 2.38. The van der Waals surface area contributed by atoms with Gasteiger partial charge in [-0.2, -0.15) is 0 Å². The molecule has 2 heterocycles. The summed E-state index contributed by atoms with van der Waals surface area (Å²) in [5, 5.41) is 13.3. The van der Waals surface area contributed by atoms with Gasteiger partial charge in [0.05, 0.1) is 27.3 Å². The number of nitrogens with zero attached hydrogens (tertiary/aromatic N) is 2. The quantitative estimate of drug-likeness (QED) is 0.347. The molecule has 0 radical (unpaired) electrons. The third kappa shape index (κ3) is 2.19. The number of fused-ring (bicyclic) bond motifs is 1. The highest BCUT2D eigenvalue weighted by molar-refractivity contribution is 9.08. The maximum absolute atomic E-state index is 12.4. The Hall–Kier alpha value is -3.01. The number of anilines is 1. The van der Waals surface area contributed by atoms with E-state index in [1.807, 2.05) is 0 Å². The van der Waals surface area contributed by atoms with Crippen LogP contribution in [-0.4, -0.2) is 21.3 Å². The van der Waals surface area contributed by atoms with Crippen LogP contribution in [0.1, 0.15) is 26.3 Å². The van der Waals surface area contributed by atoms with Gasteiger partial charge in [0, 0.05) is 17.5 Å². The Morgan fingerprint density at radius 1 is 1.25 bits per heavy atom. The normalized spacial score (nSPS) is 12.9. The number of carbonyl (C=O) groups is 2. The Kier molecular flexibility index (Phi) is 3.68. The number of nitro benzene ring substituents is 1. The molecule has 3 rings (SSSR count). The number of nitrogens with two attached hydrogens (primary N) is 1. The van der Waals surface area contributed by atoms with Gasteiger partial charge in [-0.3, -0.25) is 34.4 Å². The Morgan fingerprint density at radius 2 is 1.96 bits per heavy atom. The van der Waals surface area contributed by atoms with Gasteiger partial charge < -0.3 is 5.73 Å². The van der Waals surface area contributed by atoms with Gasteiger partial charge in [0.2, 0.25) is 0 Å². The standard InChI is InChI=1S/C14H9BrN4O5/c15-5-7-8(2-1-3-9(7)19(23)24)18-10(20)4-6-11(12(18)16)14(22)17-13(6)21/h1-4H,5,16H2,(H,17,21,22). The van der Waals surface area contributed by atoms with Crippen LogP contribution < -0.4 is 16.6 Å². The van der Waals surface area contributed by atoms with Crippen LogP contribution in [-0.2, 0) is 5.33 Å². The van der Waals surface area contributed by atoms with Crippen molar-refractivity contribution in [3.8, 4) is 5.69 Å². The zero-order chi connectivity index (χ0) is 17.6. The van der Waals surface area contributed by atoms with Gasteiger partial charge in [-0.1, -0.05) is 22.0 Å². The number of amides is 2. The zero-order valence-corrected chi connectivity index (χ0v) is 13.5. The van der Waals surface area contributed by atoms with E-state index in [2.05, 4.69) is 21.2 Å². The maximum atomic E-state index is 12.4. The number of benzene rings is 1. The molecule has 0 bridgehead atoms. The second-order valence-electron chi connectivity index (χ2n) is 4.94. The lowest BCUT2D eigenvalue weighted by Crippen LogP contribution is -2.25. The fraction of sp³-hybridized carbons (Fsp3) is 0.0714. The van der Waals surface area contributed by atoms with Crippen LogP contribution in [0.4, 0.5) is 11.5 Å². The van der Waals surface area contributed by atoms with Gasteiger partial charge in [-0.15, -0.1) is 0 Å². The number of pyridine rings is 1. The van der Waals surface area contributed by atoms with Crippen LogP contribution in [0.3, 0.4) is 0 Å². The molecule has 0 fully saturated rings. The van der Waals surface area contributed by atoms with Gasteiger partial charge in [0.1, 0.15) is 5.82 Å². The summed E-state index contributed by atoms with van der Waals surface area (Å²) in [6, 6.07) is 5.17. The number of nitrogens with one attached hydrogen (secondary N) is 1. The molecule has 0 saturated carbocycles. The lowest BCUT2D eigenvalue weighted by atomic mass is 10.1. The average molecular weight is 393 g/mol. The number of rotatable bonds is 3. The molecule has 0 aliphatic carbocycles. The predicted octanol–water partition coefficient (Wildman–Crippen LogP) is 1.11. The van der Waals surface area contributed by atoms with Crippen LogP contribution in [0.5, 0.6) is 0 Å². The van der Waals surface area contributed by atoms with Crippen molar-refractivity contribution >= 4 is 39.2 Å². The lowest BCUT2D eigenvalue weighted by molar-refractivity contribution is -0.385. The van der Waals surface area contributed by atoms with E-state index in [0.717, 1.165) is 10.6 Å². The number of hydrogen-bond donors (Lipinski definition) is 2. The summed E-state index contributed by atoms with van der Waals surface area (Å²) in [6.45, 7) is 0. The first-order valence-electron chi connectivity index (χ1n) is 6.60. The van der Waals surface area contributed by atoms with E-state index in [9.17, 15) is 24.5 Å². The maximum Gasteiger partial charge on any atom is 0.275 e. The molecule has 2 amide bonds. The summed E-state index contributed by atoms with van der Waals surface area (Å²) < 4.78 is 0.987. The first-order chi connectivity index (χ1) is 11.4. The summed E-state index contributed by atoms with van der Waals surface area (Å²) >= 11 is 3.16. The topological polar surface area (TPSA) is 137 Å². The van der Waals surface area contributed by atoms with E-state index >= 15 is 0 Å². The number of aromatic nitrogens is 1. The number of carbonyl (C=O) groups excluding carboxylic acids is 2. The highest BCUT2D eigenvalue weighted by atomic mass is 79.9. The fourth-order valence-electron chi connectivity index (χ4n) is 2.61. The van der Waals surface area contributed by atoms with Crippen LogP contribution in [0, 0.1) is 10.1 Å². The smallest absolute Gasteiger partial charge is 0.275 e. The van der Waals surface area contributed by atoms with E-state index in [-0.39, 0.29) is 39.2 Å². The van der Waals surface area contributed by atoms with Gasteiger partial charge in [-0.25, -0.2) is 0 Å². The summed E-state index contributed by atoms with van der Waals surface area (Å²) in [6.07, 6.45) is 0. The van der Waals surface area contributed by atoms with Crippen LogP contribution in [0.15, 0.2) is 29.1 Å². The molecule has 0 atom stereocenters. The minimum Gasteiger partial charge on any atom is -0.384 e. The molecule has 1 aromatic heterocycles. The Bertz CT molecular complexity index is 982. The van der Waals surface area contributed by atoms with Crippen molar-refractivity contribution in [2.75, 3.05) is 5.73 Å². The lowest BCUT2D eigenvalue weighted by Gasteiger charge is -2.14. The van der Waals surface area contributed by atoms with Crippen molar-refractivity contribution < 1.29 is 14.5 Å². The first-order valence-corrected chi connectivity index (χ1v) is 7.72. The van der Waals surface area contributed by atoms with Crippen molar-refractivity contribution in [2.45, 2.75) is 5.33 Å². The minimum atomic E-state index is -0.716. The van der Waals surface area contributed by atoms with Crippen molar-refractivity contribution in [3.05, 3.63) is 61.4 Å². The highest BCUT2D eigenvalue weighted by Crippen LogP contribution is 2.30. The molecule has 24 heavy (non-hydrogen) atoms. The third-order valence-electron chi connectivity index (χ3n) is 3.65. The second-order valence-corrected chi connectivity index (χ2v) is 5.50. The number of nitro groups is 1. The fourth-order valence-corrected chi connectivity index (χ4v) is 3.18. The summed E-state index contributed by atoms with van der Waals surface area (Å²) in [5.74, 6) is -1.67. The average Bonchev–Trinajstić information content (AvgIpc) is 2.81. The molecule has 1 aliphatic heterocycles. The minimum absolute atomic E-state index is 0.0909. The van der Waals surface area contributed by atoms with Crippen LogP contribution >= 0.6 is 15.9 Å². The summed E-state index contributed by atoms with van der Waals surface area (Å²) in [5.41, 5.74) is 5.23. The first kappa shape index (κ1) is 15.9. The van der Waals surface area contributed by atoms with Gasteiger partial charge in [-0.05, 0) is 6.07 Å². The molecular formula is C14H9BrN4O5. The zero-order valence-electron chi connectivity index (χ0n) is 11.9. The van der Waals surface area contributed by atoms with E-state index in [1.54, 1.807) is 0 Å². The van der Waals surface area contributed by atoms with Gasteiger partial charge in [0.15, 0.2) is 0 Å². The molecule has 0 saturated heterocycles. The van der Waals surface area contributed by atoms with Gasteiger partial charge >= 0.3 is 0 Å². The highest BCUT2D eigenvalue weighted by Gasteiger charge is 2.32. The van der Waals surface area contributed by atoms with Gasteiger partial charge in [0.25, 0.3) is 23.1 Å². The SMILES string of the molecule is Nc1c2c(cc(=O)n1-c1cccc([N+](=O)[O-])c1CBr)C(=O)NC2=O. The number of alkyl halides is 1. The Labute approximate surface area is 142 Å². The molecule has 1 aromatic carbocycles. The largest absolute Gasteiger partial charge is 0.384 e. The molecule has 3 N–H and O–H groups in total. The van der Waals surface area contributed by atoms with E-state index in [1.165, 1.54) is 18.2 Å². The molecule has 2 aromatic rings. The van der Waals surface area contributed by atoms with Crippen molar-refractivity contribution in [1.82, 2.24) is 9.88 Å². The summed E-state index contributed by atoms with van der Waals surface area (Å²) in [4.78, 5) is 46.5. The molecular weight excluding hydrogens is 384 g/mol. The summed E-state index contributed by atoms with van der Waals surface area (Å²) in [7, 11) is 0. The van der Waals surface area contributed by atoms with Crippen molar-refractivity contribution in [1.29, 1.82) is 0 Å². The number of halogens is 1. The molecule has 0 spiro atoms. The molecule has 10 heteroatoms. The second kappa shape index (κ2) is 5.57. The van der Waals surface area contributed by atoms with E-state index in [4.69, 9.17) is 5.73 Å². The third-order valence-corrected chi connectivity index (χ3v) is 4.21. The van der Waals surface area contributed by atoms with Crippen molar-refractivity contribution in [2.24, 2.45) is 0 Å². The van der Waals surface area contributed by atoms with Crippen LogP contribution in [0.2, 0.25) is 0 Å². The molecule has 0 unspecified atom stereocenters. The number of hydrogen-bond acceptors (Lipinski definition) is 6. The van der Waals surface area contributed by atoms with E-state index in [0.29, 0.717) is 0 Å². The van der Waals surface area contributed by atoms with Crippen LogP contribution in [0.25, 0.3) is 5.69 Å². The molecule has 9 nitrogen and oxygen atoms in total. The Morgan fingerprint density at radius 3 is 2.58 bits per heavy atom. The monoisotopic (exact) mass is 392 g/mol. The molecule has 122 valence electrons. The van der Waals surface area contributed by atoms with E-state index < -0.39 is 22.3 Å². The number of nitrogen functional groups attached to an aromatic ring is 1.